The third-order valence-electron chi connectivity index (χ3n) is 15.7. The third kappa shape index (κ3) is 7.43. The maximum atomic E-state index is 16.0. The highest BCUT2D eigenvalue weighted by atomic mass is 32.2. The van der Waals surface area contributed by atoms with Crippen molar-refractivity contribution in [3.63, 3.8) is 0 Å². The number of H-pyrrole nitrogens is 1. The topological polar surface area (TPSA) is 202 Å². The number of likely N-dealkylation sites (tertiary alicyclic amines) is 2. The van der Waals surface area contributed by atoms with Crippen molar-refractivity contribution >= 4 is 55.2 Å². The summed E-state index contributed by atoms with van der Waals surface area (Å²) >= 11 is 0. The Hall–Kier alpha value is -6.09. The van der Waals surface area contributed by atoms with Crippen molar-refractivity contribution in [2.75, 3.05) is 74.2 Å². The monoisotopic (exact) mass is 965 g/mol. The number of nitrogens with one attached hydrogen (secondary N) is 2. The Kier molecular flexibility index (Phi) is 10.4. The number of amides is 1. The van der Waals surface area contributed by atoms with E-state index in [1.54, 1.807) is 23.2 Å². The number of halogens is 2. The molecule has 4 N–H and O–H groups in total. The fraction of sp³-hybridized carbons (Fsp3) is 0.469. The van der Waals surface area contributed by atoms with Gasteiger partial charge in [-0.2, -0.15) is 4.98 Å². The largest absolute Gasteiger partial charge is 0.489 e. The lowest BCUT2D eigenvalue weighted by atomic mass is 9.60. The smallest absolute Gasteiger partial charge is 0.297 e. The van der Waals surface area contributed by atoms with Crippen LogP contribution in [-0.4, -0.2) is 128 Å². The first-order valence-corrected chi connectivity index (χ1v) is 25.3. The van der Waals surface area contributed by atoms with Crippen LogP contribution < -0.4 is 30.3 Å². The van der Waals surface area contributed by atoms with E-state index in [4.69, 9.17) is 24.9 Å². The molecule has 362 valence electrons. The molecule has 6 aliphatic heterocycles. The van der Waals surface area contributed by atoms with Gasteiger partial charge in [0.2, 0.25) is 15.7 Å². The fourth-order valence-electron chi connectivity index (χ4n) is 12.3. The van der Waals surface area contributed by atoms with E-state index in [-0.39, 0.29) is 84.6 Å². The molecular formula is C49H53F2N9O8S. The van der Waals surface area contributed by atoms with Gasteiger partial charge in [0.15, 0.2) is 11.4 Å². The van der Waals surface area contributed by atoms with Crippen molar-refractivity contribution in [3.8, 4) is 11.6 Å². The number of nitro groups is 1. The highest BCUT2D eigenvalue weighted by molar-refractivity contribution is 7.91. The van der Waals surface area contributed by atoms with Crippen LogP contribution in [0.1, 0.15) is 66.1 Å². The number of nitrogens with zero attached hydrogens (tertiary/aromatic N) is 6. The molecule has 17 nitrogen and oxygen atoms in total. The Balaban J connectivity index is 0.944. The van der Waals surface area contributed by atoms with E-state index in [0.717, 1.165) is 38.3 Å². The van der Waals surface area contributed by atoms with Crippen LogP contribution in [0.3, 0.4) is 0 Å². The Morgan fingerprint density at radius 2 is 1.81 bits per heavy atom. The molecule has 0 unspecified atom stereocenters. The molecule has 1 spiro atoms. The number of hydrogen-bond acceptors (Lipinski definition) is 14. The molecule has 1 amide bonds. The number of nitro benzene ring substituents is 1. The van der Waals surface area contributed by atoms with Gasteiger partial charge in [0, 0.05) is 86.8 Å². The van der Waals surface area contributed by atoms with Crippen molar-refractivity contribution < 1.29 is 41.1 Å². The van der Waals surface area contributed by atoms with E-state index >= 15 is 8.42 Å². The lowest BCUT2D eigenvalue weighted by Crippen LogP contribution is -2.66. The predicted octanol–water partition coefficient (Wildman–Crippen LogP) is 6.72. The van der Waals surface area contributed by atoms with Gasteiger partial charge >= 0.3 is 0 Å². The van der Waals surface area contributed by atoms with Gasteiger partial charge in [0.05, 0.1) is 52.1 Å². The van der Waals surface area contributed by atoms with Gasteiger partial charge in [0.1, 0.15) is 28.9 Å². The van der Waals surface area contributed by atoms with Crippen LogP contribution in [0.2, 0.25) is 0 Å². The molecule has 0 bridgehead atoms. The molecule has 69 heavy (non-hydrogen) atoms. The van der Waals surface area contributed by atoms with Gasteiger partial charge in [-0.05, 0) is 74.5 Å². The summed E-state index contributed by atoms with van der Waals surface area (Å²) in [5.41, 5.74) is 9.44. The minimum absolute atomic E-state index is 0.00102. The number of alkyl halides is 2. The van der Waals surface area contributed by atoms with Gasteiger partial charge < -0.3 is 44.9 Å². The lowest BCUT2D eigenvalue weighted by Gasteiger charge is -2.62. The molecule has 2 aromatic heterocycles. The number of sulfone groups is 1. The predicted molar refractivity (Wildman–Crippen MR) is 252 cm³/mol. The number of aryl methyl sites for hydroxylation is 1. The van der Waals surface area contributed by atoms with Crippen molar-refractivity contribution in [1.29, 1.82) is 0 Å². The molecule has 1 aliphatic carbocycles. The number of nitrogens with two attached hydrogens (primary N) is 1. The normalized spacial score (nSPS) is 25.2. The van der Waals surface area contributed by atoms with Crippen molar-refractivity contribution in [3.05, 3.63) is 93.7 Å². The van der Waals surface area contributed by atoms with Crippen molar-refractivity contribution in [1.82, 2.24) is 19.8 Å². The fourth-order valence-corrected chi connectivity index (χ4v) is 14.0. The van der Waals surface area contributed by atoms with Crippen LogP contribution >= 0.6 is 0 Å². The SMILES string of the molecule is Cc1ccccc1[C@@H]1CCCN1C1CC2(C1)CN(c1ccc(C(N)=O)c(N3c4cc5cc[nH]c5nc4O[C@H]4COC[C@@H]43)c1S(=O)(=O)c1cc3c(c([N+](=O)[O-])c1)N[C@H](CN1CCC(F)(F)CC1)CO3)C2. The minimum atomic E-state index is -4.82. The highest BCUT2D eigenvalue weighted by Crippen LogP contribution is 2.57. The number of piperidine rings is 1. The first kappa shape index (κ1) is 44.1. The zero-order valence-corrected chi connectivity index (χ0v) is 38.9. The Morgan fingerprint density at radius 3 is 2.58 bits per heavy atom. The number of carbonyl (C=O) groups is 1. The van der Waals surface area contributed by atoms with Crippen LogP contribution in [0.15, 0.2) is 76.7 Å². The van der Waals surface area contributed by atoms with Crippen LogP contribution in [0.4, 0.5) is 37.2 Å². The number of ether oxygens (including phenoxy) is 3. The van der Waals surface area contributed by atoms with Crippen LogP contribution in [0.5, 0.6) is 11.6 Å². The number of aromatic nitrogens is 2. The van der Waals surface area contributed by atoms with Crippen LogP contribution in [0.25, 0.3) is 11.0 Å². The molecule has 12 rings (SSSR count). The number of benzene rings is 3. The van der Waals surface area contributed by atoms with Crippen molar-refractivity contribution in [2.45, 2.75) is 91.4 Å². The lowest BCUT2D eigenvalue weighted by molar-refractivity contribution is -0.384. The number of hydrogen-bond donors (Lipinski definition) is 3. The minimum Gasteiger partial charge on any atom is -0.489 e. The summed E-state index contributed by atoms with van der Waals surface area (Å²) in [5, 5.41) is 16.8. The summed E-state index contributed by atoms with van der Waals surface area (Å²) in [4.78, 5) is 41.6. The zero-order chi connectivity index (χ0) is 47.6. The molecule has 1 saturated carbocycles. The maximum absolute atomic E-state index is 16.0. The number of primary amides is 1. The quantitative estimate of drug-likeness (QED) is 0.0984. The molecule has 0 radical (unpaired) electrons. The van der Waals surface area contributed by atoms with Gasteiger partial charge in [-0.3, -0.25) is 19.8 Å². The van der Waals surface area contributed by atoms with E-state index in [1.165, 1.54) is 17.2 Å². The summed E-state index contributed by atoms with van der Waals surface area (Å²) in [6.45, 7) is 5.20. The number of anilines is 4. The number of fused-ring (bicyclic) bond motifs is 4. The summed E-state index contributed by atoms with van der Waals surface area (Å²) < 4.78 is 78.3. The summed E-state index contributed by atoms with van der Waals surface area (Å²) in [6.07, 6.45) is 4.67. The second kappa shape index (κ2) is 16.2. The van der Waals surface area contributed by atoms with Gasteiger partial charge in [0.25, 0.3) is 17.5 Å². The van der Waals surface area contributed by atoms with Gasteiger partial charge in [-0.15, -0.1) is 0 Å². The molecular weight excluding hydrogens is 913 g/mol. The molecule has 5 fully saturated rings. The number of carbonyl (C=O) groups excluding carboxylic acids is 1. The van der Waals surface area contributed by atoms with E-state index in [1.807, 2.05) is 21.9 Å². The average Bonchev–Trinajstić information content (AvgIpc) is 4.09. The number of rotatable bonds is 10. The molecule has 8 heterocycles. The van der Waals surface area contributed by atoms with Crippen LogP contribution in [-0.2, 0) is 14.6 Å². The Labute approximate surface area is 396 Å². The van der Waals surface area contributed by atoms with E-state index in [9.17, 15) is 23.7 Å². The first-order valence-electron chi connectivity index (χ1n) is 23.8. The summed E-state index contributed by atoms with van der Waals surface area (Å²) in [7, 11) is -4.82. The molecule has 4 atom stereocenters. The van der Waals surface area contributed by atoms with E-state index in [0.29, 0.717) is 54.1 Å². The van der Waals surface area contributed by atoms with E-state index in [2.05, 4.69) is 46.4 Å². The van der Waals surface area contributed by atoms with E-state index < -0.39 is 55.4 Å². The third-order valence-corrected chi connectivity index (χ3v) is 17.5. The van der Waals surface area contributed by atoms with Crippen molar-refractivity contribution in [2.24, 2.45) is 11.1 Å². The molecule has 4 saturated heterocycles. The molecule has 5 aromatic rings. The average molecular weight is 966 g/mol. The maximum Gasteiger partial charge on any atom is 0.297 e. The summed E-state index contributed by atoms with van der Waals surface area (Å²) in [6, 6.07) is 17.3. The Morgan fingerprint density at radius 1 is 1.01 bits per heavy atom. The first-order chi connectivity index (χ1) is 33.1. The number of aromatic amines is 1. The second-order valence-electron chi connectivity index (χ2n) is 20.1. The standard InChI is InChI=1S/C49H53F2N9O8S/c1-28-5-2-3-6-33(28)35-7-4-14-58(35)31-20-48(21-31)26-57(27-48)36-9-8-34(45(52)61)43(59-38-17-29-10-13-53-46(29)55-47(38)68-41-25-66-24-39(41)59)44(36)69(64,65)32-18-37(60(62)63)42-40(19-32)67-23-30(54-42)22-56-15-11-49(50,51)12-16-56/h2-3,5-6,8-10,13,17-19,30-31,35,39,41,54H,4,7,11-12,14-16,20-27H2,1H3,(H2,52,61)(H,53,55)/t30-,35+,39+,41+/m1/s1. The molecule has 3 aromatic carbocycles. The highest BCUT2D eigenvalue weighted by Gasteiger charge is 2.56. The molecule has 20 heteroatoms. The zero-order valence-electron chi connectivity index (χ0n) is 38.0. The van der Waals surface area contributed by atoms with Crippen LogP contribution in [0, 0.1) is 22.5 Å². The molecule has 7 aliphatic rings. The van der Waals surface area contributed by atoms with Gasteiger partial charge in [-0.25, -0.2) is 17.2 Å². The summed E-state index contributed by atoms with van der Waals surface area (Å²) in [5.74, 6) is -3.47. The number of pyridine rings is 1. The Bertz CT molecular complexity index is 3020. The second-order valence-corrected chi connectivity index (χ2v) is 22.0. The van der Waals surface area contributed by atoms with Gasteiger partial charge in [-0.1, -0.05) is 24.3 Å².